The largest absolute Gasteiger partial charge is 0.368 e. The Hall–Kier alpha value is -2.86. The number of Topliss-reactive ketones (excluding diaryl/α,β-unsaturated/α-hetero) is 1. The molecule has 0 aromatic heterocycles. The van der Waals surface area contributed by atoms with E-state index in [2.05, 4.69) is 44.5 Å². The van der Waals surface area contributed by atoms with Gasteiger partial charge < -0.3 is 37.2 Å². The molecule has 15 nitrogen and oxygen atoms in total. The molecule has 4 fully saturated rings. The van der Waals surface area contributed by atoms with Crippen LogP contribution in [0, 0.1) is 11.8 Å². The van der Waals surface area contributed by atoms with Crippen LogP contribution >= 0.6 is 40.3 Å². The number of hydrogen-bond acceptors (Lipinski definition) is 10. The molecule has 7 amide bonds. The van der Waals surface area contributed by atoms with Gasteiger partial charge in [-0.05, 0) is 12.8 Å². The van der Waals surface area contributed by atoms with Gasteiger partial charge in [-0.3, -0.25) is 38.4 Å². The Morgan fingerprint density at radius 1 is 0.609 bits per heavy atom. The summed E-state index contributed by atoms with van der Waals surface area (Å²) in [7, 11) is 1.49. The van der Waals surface area contributed by atoms with Gasteiger partial charge in [-0.15, -0.1) is 0 Å². The number of nitrogens with one attached hydrogen (secondary N) is 3. The number of amides is 7. The topological polar surface area (TPSA) is 231 Å². The summed E-state index contributed by atoms with van der Waals surface area (Å²) < 4.78 is 0. The Bertz CT molecular complexity index is 1320. The fourth-order valence-electron chi connectivity index (χ4n) is 8.10. The van der Waals surface area contributed by atoms with E-state index in [1.807, 2.05) is 13.8 Å². The van der Waals surface area contributed by atoms with E-state index in [0.29, 0.717) is 57.2 Å². The van der Waals surface area contributed by atoms with Gasteiger partial charge in [0.2, 0.25) is 35.4 Å². The maximum Gasteiger partial charge on any atom is 0.279 e. The summed E-state index contributed by atoms with van der Waals surface area (Å²) in [6.07, 6.45) is 32.3. The second-order valence-corrected chi connectivity index (χ2v) is 19.4. The molecule has 2 heterocycles. The molecule has 18 heteroatoms. The zero-order valence-electron chi connectivity index (χ0n) is 41.0. The van der Waals surface area contributed by atoms with Crippen molar-refractivity contribution >= 4 is 86.8 Å². The first-order chi connectivity index (χ1) is 31.7. The Kier molecular flexibility index (Phi) is 50.0. The van der Waals surface area contributed by atoms with Gasteiger partial charge in [0.05, 0.1) is 16.8 Å². The summed E-state index contributed by atoms with van der Waals surface area (Å²) in [5.41, 5.74) is 10.6. The van der Waals surface area contributed by atoms with Crippen LogP contribution in [0.25, 0.3) is 0 Å². The molecule has 0 aromatic carbocycles. The molecule has 2 saturated carbocycles. The third-order valence-electron chi connectivity index (χ3n) is 12.1. The average Bonchev–Trinajstić information content (AvgIpc) is 3.88. The highest BCUT2D eigenvalue weighted by atomic mass is 79.9. The normalized spacial score (nSPS) is 19.2. The number of primary amides is 2. The molecular weight excluding hydrogens is 983 g/mol. The molecule has 4 atom stereocenters. The lowest BCUT2D eigenvalue weighted by atomic mass is 10.0. The summed E-state index contributed by atoms with van der Waals surface area (Å²) >= 11 is 7.76. The summed E-state index contributed by atoms with van der Waals surface area (Å²) in [6.45, 7) is 7.10. The number of carbonyl (C=O) groups is 8. The highest BCUT2D eigenvalue weighted by molar-refractivity contribution is 9.09. The standard InChI is InChI=1S/C13H22N4O4S.C11H19N3O3S.2C10H20.C4H7BrO.3CH4/c1-3-9(12(14)20)17-6-8(4-11(17)19)5-16-10(18)7-22-13(21)15-2;1-2-8(11(12)17)14-5-7(3-10(14)16)4-13-9(15)6-18;2*1-2-4-6-8-10-9-7-5-3-1;1-2-4(6)3-5;;;/h8-9H,3-7H2,1-2H3,(H2,14,20)(H,15,21)(H,16,18);7-8,18H,2-6H2,1H3,(H2,12,17)(H,13,15);2*1-10H2;2-3H2,1H3;3*1H4/t8?,9-;7?,8-;;;;;;/m11....../s1. The number of halogens is 1. The number of rotatable bonds is 15. The number of hydrogen-bond donors (Lipinski definition) is 6. The second-order valence-electron chi connectivity index (χ2n) is 17.6. The van der Waals surface area contributed by atoms with Crippen LogP contribution in [-0.4, -0.2) is 118 Å². The summed E-state index contributed by atoms with van der Waals surface area (Å²) in [5, 5.41) is 8.03. The van der Waals surface area contributed by atoms with Gasteiger partial charge in [-0.25, -0.2) is 0 Å². The number of thiol groups is 1. The van der Waals surface area contributed by atoms with Crippen molar-refractivity contribution in [2.45, 2.75) is 216 Å². The second kappa shape index (κ2) is 47.5. The van der Waals surface area contributed by atoms with Crippen molar-refractivity contribution in [3.63, 3.8) is 0 Å². The molecule has 406 valence electrons. The molecule has 7 N–H and O–H groups in total. The van der Waals surface area contributed by atoms with Crippen LogP contribution in [0.15, 0.2) is 0 Å². The summed E-state index contributed by atoms with van der Waals surface area (Å²) in [4.78, 5) is 93.1. The molecule has 4 rings (SSSR count). The van der Waals surface area contributed by atoms with E-state index in [0.717, 1.165) is 11.8 Å². The summed E-state index contributed by atoms with van der Waals surface area (Å²) in [6, 6.07) is -1.12. The minimum atomic E-state index is -0.586. The Morgan fingerprint density at radius 3 is 1.13 bits per heavy atom. The van der Waals surface area contributed by atoms with Gasteiger partial charge in [-0.2, -0.15) is 12.6 Å². The van der Waals surface area contributed by atoms with Gasteiger partial charge in [0.1, 0.15) is 17.9 Å². The first-order valence-electron chi connectivity index (χ1n) is 24.9. The predicted molar refractivity (Wildman–Crippen MR) is 295 cm³/mol. The van der Waals surface area contributed by atoms with E-state index in [4.69, 9.17) is 11.5 Å². The highest BCUT2D eigenvalue weighted by Crippen LogP contribution is 2.23. The number of nitrogens with two attached hydrogens (primary N) is 2. The van der Waals surface area contributed by atoms with E-state index in [-0.39, 0.29) is 86.7 Å². The van der Waals surface area contributed by atoms with E-state index in [1.54, 1.807) is 6.92 Å². The Balaban J connectivity index is -0.000000403. The van der Waals surface area contributed by atoms with E-state index >= 15 is 0 Å². The molecule has 0 radical (unpaired) electrons. The van der Waals surface area contributed by atoms with Crippen LogP contribution in [0.4, 0.5) is 4.79 Å². The minimum absolute atomic E-state index is 0. The molecule has 69 heavy (non-hydrogen) atoms. The molecule has 2 aliphatic carbocycles. The average molecular weight is 1080 g/mol. The molecule has 0 aromatic rings. The van der Waals surface area contributed by atoms with Gasteiger partial charge in [0, 0.05) is 64.3 Å². The van der Waals surface area contributed by atoms with Gasteiger partial charge in [0.15, 0.2) is 0 Å². The van der Waals surface area contributed by atoms with Crippen molar-refractivity contribution in [1.29, 1.82) is 0 Å². The van der Waals surface area contributed by atoms with Crippen molar-refractivity contribution in [2.75, 3.05) is 50.1 Å². The molecule has 0 spiro atoms. The zero-order valence-corrected chi connectivity index (χ0v) is 44.3. The van der Waals surface area contributed by atoms with Crippen LogP contribution in [0.2, 0.25) is 0 Å². The number of likely N-dealkylation sites (tertiary alicyclic amines) is 2. The first kappa shape index (κ1) is 72.7. The van der Waals surface area contributed by atoms with E-state index in [1.165, 1.54) is 145 Å². The molecule has 2 aliphatic heterocycles. The maximum absolute atomic E-state index is 11.9. The number of thioether (sulfide) groups is 1. The lowest BCUT2D eigenvalue weighted by molar-refractivity contribution is -0.136. The number of carbonyl (C=O) groups excluding carboxylic acids is 8. The molecule has 4 aliphatic rings. The molecule has 2 saturated heterocycles. The number of nitrogens with zero attached hydrogens (tertiary/aromatic N) is 2. The zero-order chi connectivity index (χ0) is 49.5. The predicted octanol–water partition coefficient (Wildman–Crippen LogP) is 9.50. The van der Waals surface area contributed by atoms with Crippen LogP contribution in [0.1, 0.15) is 204 Å². The van der Waals surface area contributed by atoms with Crippen molar-refractivity contribution < 1.29 is 38.4 Å². The third-order valence-corrected chi connectivity index (χ3v) is 13.8. The van der Waals surface area contributed by atoms with E-state index < -0.39 is 23.9 Å². The molecule has 2 unspecified atom stereocenters. The fourth-order valence-corrected chi connectivity index (χ4v) is 9.12. The number of alkyl halides is 1. The Morgan fingerprint density at radius 2 is 0.913 bits per heavy atom. The van der Waals surface area contributed by atoms with Crippen molar-refractivity contribution in [1.82, 2.24) is 25.8 Å². The monoisotopic (exact) mass is 1080 g/mol. The van der Waals surface area contributed by atoms with Gasteiger partial charge in [-0.1, -0.05) is 199 Å². The first-order valence-corrected chi connectivity index (χ1v) is 27.7. The van der Waals surface area contributed by atoms with Crippen LogP contribution in [0.5, 0.6) is 0 Å². The van der Waals surface area contributed by atoms with Crippen molar-refractivity contribution in [3.8, 4) is 0 Å². The van der Waals surface area contributed by atoms with E-state index in [9.17, 15) is 38.4 Å². The van der Waals surface area contributed by atoms with Crippen LogP contribution in [0.3, 0.4) is 0 Å². The fraction of sp³-hybridized carbons (Fsp3) is 0.843. The van der Waals surface area contributed by atoms with Crippen molar-refractivity contribution in [2.24, 2.45) is 23.3 Å². The Labute approximate surface area is 437 Å². The molecule has 0 bridgehead atoms. The van der Waals surface area contributed by atoms with Crippen molar-refractivity contribution in [3.05, 3.63) is 0 Å². The third kappa shape index (κ3) is 36.7. The van der Waals surface area contributed by atoms with Crippen LogP contribution < -0.4 is 27.4 Å². The number of ketones is 1. The lowest BCUT2D eigenvalue weighted by Gasteiger charge is -2.24. The molecular formula is C51H100BrN7O8S2. The quantitative estimate of drug-likeness (QED) is 0.0676. The highest BCUT2D eigenvalue weighted by Gasteiger charge is 2.37. The SMILES string of the molecule is C.C.C.C1CCCCCCCCC1.C1CCCCCCCCC1.CCC(=O)CBr.CC[C@H](C(N)=O)N1CC(CNC(=O)CS)CC1=O.CC[C@H](C(N)=O)N1CC(CNC(=O)CSC(=O)NC)CC1=O. The summed E-state index contributed by atoms with van der Waals surface area (Å²) in [5.74, 6) is -1.21. The smallest absolute Gasteiger partial charge is 0.279 e. The van der Waals surface area contributed by atoms with Gasteiger partial charge in [0.25, 0.3) is 5.24 Å². The van der Waals surface area contributed by atoms with Gasteiger partial charge >= 0.3 is 0 Å². The maximum atomic E-state index is 11.9. The minimum Gasteiger partial charge on any atom is -0.368 e. The lowest BCUT2D eigenvalue weighted by Crippen LogP contribution is -2.45. The van der Waals surface area contributed by atoms with Crippen LogP contribution in [-0.2, 0) is 33.6 Å².